The van der Waals surface area contributed by atoms with E-state index in [1.54, 1.807) is 48.8 Å². The number of nitrogens with zero attached hydrogens (tertiary/aromatic N) is 4. The highest BCUT2D eigenvalue weighted by atomic mass is 35.5. The number of halogens is 1. The van der Waals surface area contributed by atoms with Crippen LogP contribution in [0.25, 0.3) is 0 Å². The van der Waals surface area contributed by atoms with Crippen molar-refractivity contribution in [2.75, 3.05) is 38.0 Å². The van der Waals surface area contributed by atoms with E-state index < -0.39 is 10.0 Å². The Balaban J connectivity index is 1.30. The van der Waals surface area contributed by atoms with E-state index in [1.165, 1.54) is 19.2 Å². The van der Waals surface area contributed by atoms with E-state index in [2.05, 4.69) is 19.6 Å². The summed E-state index contributed by atoms with van der Waals surface area (Å²) < 4.78 is 32.5. The number of piperazine rings is 1. The Morgan fingerprint density at radius 1 is 1.06 bits per heavy atom. The number of sulfonamides is 1. The first-order valence-electron chi connectivity index (χ1n) is 10.6. The molecule has 4 rings (SSSR count). The first kappa shape index (κ1) is 23.9. The second-order valence-electron chi connectivity index (χ2n) is 7.77. The number of hydrogen-bond acceptors (Lipinski definition) is 7. The summed E-state index contributed by atoms with van der Waals surface area (Å²) in [5, 5.41) is 0.541. The highest BCUT2D eigenvalue weighted by molar-refractivity contribution is 7.92. The van der Waals surface area contributed by atoms with Gasteiger partial charge in [-0.25, -0.2) is 23.1 Å². The van der Waals surface area contributed by atoms with Crippen LogP contribution in [0.4, 0.5) is 5.95 Å². The summed E-state index contributed by atoms with van der Waals surface area (Å²) >= 11 is 6.00. The summed E-state index contributed by atoms with van der Waals surface area (Å²) in [4.78, 5) is 25.1. The smallest absolute Gasteiger partial charge is 0.264 e. The van der Waals surface area contributed by atoms with Crippen LogP contribution in [-0.2, 0) is 16.6 Å². The summed E-state index contributed by atoms with van der Waals surface area (Å²) in [7, 11) is -2.29. The van der Waals surface area contributed by atoms with Crippen LogP contribution >= 0.6 is 11.6 Å². The van der Waals surface area contributed by atoms with Gasteiger partial charge in [-0.2, -0.15) is 0 Å². The van der Waals surface area contributed by atoms with Gasteiger partial charge in [-0.3, -0.25) is 9.69 Å². The van der Waals surface area contributed by atoms with Crippen molar-refractivity contribution >= 4 is 33.5 Å². The fourth-order valence-corrected chi connectivity index (χ4v) is 4.74. The number of ether oxygens (including phenoxy) is 1. The Kier molecular flexibility index (Phi) is 7.30. The minimum absolute atomic E-state index is 0.00324. The predicted octanol–water partition coefficient (Wildman–Crippen LogP) is 2.90. The third-order valence-electron chi connectivity index (χ3n) is 5.44. The molecule has 0 saturated carbocycles. The maximum absolute atomic E-state index is 12.7. The van der Waals surface area contributed by atoms with Crippen LogP contribution in [0.5, 0.6) is 5.75 Å². The molecular weight excluding hydrogens is 478 g/mol. The number of carbonyl (C=O) groups is 1. The lowest BCUT2D eigenvalue weighted by Gasteiger charge is -2.34. The molecule has 1 amide bonds. The Morgan fingerprint density at radius 2 is 1.74 bits per heavy atom. The number of benzene rings is 2. The molecule has 1 saturated heterocycles. The number of nitrogens with one attached hydrogen (secondary N) is 1. The number of carbonyl (C=O) groups excluding carboxylic acids is 1. The molecule has 3 aromatic rings. The summed E-state index contributed by atoms with van der Waals surface area (Å²) in [5.74, 6) is 0.532. The first-order chi connectivity index (χ1) is 16.3. The average Bonchev–Trinajstić information content (AvgIpc) is 2.85. The third-order valence-corrected chi connectivity index (χ3v) is 7.02. The number of anilines is 1. The monoisotopic (exact) mass is 501 g/mol. The maximum Gasteiger partial charge on any atom is 0.264 e. The second kappa shape index (κ2) is 10.4. The Morgan fingerprint density at radius 3 is 2.35 bits per heavy atom. The average molecular weight is 502 g/mol. The van der Waals surface area contributed by atoms with Gasteiger partial charge in [-0.15, -0.1) is 0 Å². The molecule has 0 spiro atoms. The third kappa shape index (κ3) is 5.82. The first-order valence-corrected chi connectivity index (χ1v) is 12.5. The van der Waals surface area contributed by atoms with Gasteiger partial charge in [0.2, 0.25) is 5.95 Å². The van der Waals surface area contributed by atoms with Gasteiger partial charge in [-0.05, 0) is 42.5 Å². The molecule has 1 aliphatic rings. The topological polar surface area (TPSA) is 105 Å². The van der Waals surface area contributed by atoms with E-state index in [0.717, 1.165) is 5.56 Å². The molecular formula is C23H24ClN5O4S. The van der Waals surface area contributed by atoms with Crippen molar-refractivity contribution in [3.05, 3.63) is 77.1 Å². The van der Waals surface area contributed by atoms with E-state index in [1.807, 2.05) is 4.90 Å². The summed E-state index contributed by atoms with van der Waals surface area (Å²) in [6.07, 6.45) is 3.20. The molecule has 9 nitrogen and oxygen atoms in total. The van der Waals surface area contributed by atoms with Gasteiger partial charge in [-0.1, -0.05) is 17.7 Å². The molecule has 0 atom stereocenters. The van der Waals surface area contributed by atoms with Gasteiger partial charge in [0.1, 0.15) is 5.75 Å². The molecule has 178 valence electrons. The van der Waals surface area contributed by atoms with Gasteiger partial charge in [0.15, 0.2) is 0 Å². The minimum atomic E-state index is -3.81. The van der Waals surface area contributed by atoms with Crippen molar-refractivity contribution in [3.8, 4) is 5.75 Å². The predicted molar refractivity (Wildman–Crippen MR) is 128 cm³/mol. The van der Waals surface area contributed by atoms with E-state index in [0.29, 0.717) is 49.1 Å². The van der Waals surface area contributed by atoms with Crippen LogP contribution in [0.3, 0.4) is 0 Å². The number of aromatic nitrogens is 2. The molecule has 11 heteroatoms. The molecule has 0 bridgehead atoms. The van der Waals surface area contributed by atoms with Crippen molar-refractivity contribution in [1.29, 1.82) is 0 Å². The number of hydrogen-bond donors (Lipinski definition) is 1. The standard InChI is InChI=1S/C23H24ClN5O4S/c1-33-20-5-7-21(8-6-20)34(31,32)27-23-25-14-17(15-26-23)16-28-9-11-29(12-10-28)22(30)18-3-2-4-19(24)13-18/h2-8,13-15H,9-12,16H2,1H3,(H,25,26,27). The molecule has 1 fully saturated rings. The fourth-order valence-electron chi connectivity index (χ4n) is 3.59. The molecule has 34 heavy (non-hydrogen) atoms. The van der Waals surface area contributed by atoms with Crippen LogP contribution in [0, 0.1) is 0 Å². The summed E-state index contributed by atoms with van der Waals surface area (Å²) in [5.41, 5.74) is 1.43. The lowest BCUT2D eigenvalue weighted by atomic mass is 10.1. The molecule has 0 unspecified atom stereocenters. The lowest BCUT2D eigenvalue weighted by Crippen LogP contribution is -2.48. The SMILES string of the molecule is COc1ccc(S(=O)(=O)Nc2ncc(CN3CCN(C(=O)c4cccc(Cl)c4)CC3)cn2)cc1. The van der Waals surface area contributed by atoms with Crippen molar-refractivity contribution in [3.63, 3.8) is 0 Å². The molecule has 1 N–H and O–H groups in total. The van der Waals surface area contributed by atoms with Gasteiger partial charge in [0, 0.05) is 61.3 Å². The zero-order valence-electron chi connectivity index (χ0n) is 18.5. The highest BCUT2D eigenvalue weighted by Gasteiger charge is 2.22. The van der Waals surface area contributed by atoms with Gasteiger partial charge >= 0.3 is 0 Å². The van der Waals surface area contributed by atoms with Crippen LogP contribution in [0.2, 0.25) is 5.02 Å². The maximum atomic E-state index is 12.7. The van der Waals surface area contributed by atoms with Crippen LogP contribution in [-0.4, -0.2) is 67.4 Å². The minimum Gasteiger partial charge on any atom is -0.497 e. The largest absolute Gasteiger partial charge is 0.497 e. The summed E-state index contributed by atoms with van der Waals surface area (Å²) in [6.45, 7) is 3.22. The number of amides is 1. The lowest BCUT2D eigenvalue weighted by molar-refractivity contribution is 0.0628. The molecule has 2 aromatic carbocycles. The molecule has 0 aliphatic carbocycles. The van der Waals surface area contributed by atoms with Gasteiger partial charge < -0.3 is 9.64 Å². The van der Waals surface area contributed by atoms with E-state index >= 15 is 0 Å². The van der Waals surface area contributed by atoms with Crippen LogP contribution < -0.4 is 9.46 Å². The zero-order valence-corrected chi connectivity index (χ0v) is 20.1. The normalized spacial score (nSPS) is 14.6. The van der Waals surface area contributed by atoms with Crippen molar-refractivity contribution in [1.82, 2.24) is 19.8 Å². The van der Waals surface area contributed by atoms with E-state index in [9.17, 15) is 13.2 Å². The molecule has 2 heterocycles. The Labute approximate surface area is 203 Å². The van der Waals surface area contributed by atoms with Crippen LogP contribution in [0.15, 0.2) is 65.8 Å². The van der Waals surface area contributed by atoms with E-state index in [4.69, 9.17) is 16.3 Å². The zero-order chi connectivity index (χ0) is 24.1. The Hall–Kier alpha value is -3.21. The van der Waals surface area contributed by atoms with Gasteiger partial charge in [0.25, 0.3) is 15.9 Å². The second-order valence-corrected chi connectivity index (χ2v) is 9.89. The van der Waals surface area contributed by atoms with Crippen molar-refractivity contribution in [2.45, 2.75) is 11.4 Å². The van der Waals surface area contributed by atoms with Gasteiger partial charge in [0.05, 0.1) is 12.0 Å². The van der Waals surface area contributed by atoms with E-state index in [-0.39, 0.29) is 16.8 Å². The Bertz CT molecular complexity index is 1250. The summed E-state index contributed by atoms with van der Waals surface area (Å²) in [6, 6.07) is 13.0. The quantitative estimate of drug-likeness (QED) is 0.530. The molecule has 1 aromatic heterocycles. The van der Waals surface area contributed by atoms with Crippen molar-refractivity contribution < 1.29 is 17.9 Å². The van der Waals surface area contributed by atoms with Crippen LogP contribution in [0.1, 0.15) is 15.9 Å². The number of methoxy groups -OCH3 is 1. The fraction of sp³-hybridized carbons (Fsp3) is 0.261. The van der Waals surface area contributed by atoms with Crippen molar-refractivity contribution in [2.24, 2.45) is 0 Å². The molecule has 1 aliphatic heterocycles. The highest BCUT2D eigenvalue weighted by Crippen LogP contribution is 2.18. The molecule has 0 radical (unpaired) electrons. The number of rotatable bonds is 7.